The molecule has 1 atom stereocenters. The quantitative estimate of drug-likeness (QED) is 0.685. The monoisotopic (exact) mass is 404 g/mol. The first-order chi connectivity index (χ1) is 13.0. The van der Waals surface area contributed by atoms with Crippen LogP contribution in [-0.4, -0.2) is 55.0 Å². The molecule has 2 aromatic heterocycles. The molecule has 11 heteroatoms. The molecule has 0 radical (unpaired) electrons. The molecular weight excluding hydrogens is 389 g/mol. The Labute approximate surface area is 158 Å². The van der Waals surface area contributed by atoms with Gasteiger partial charge in [0.25, 0.3) is 5.88 Å². The van der Waals surface area contributed by atoms with E-state index in [1.807, 2.05) is 0 Å². The number of methoxy groups -OCH3 is 1. The Bertz CT molecular complexity index is 809. The third kappa shape index (κ3) is 4.57. The standard InChI is InChI=1S/C16H16ClF3N4O3/c1-25-11(13-10(19)6-9(18)7-21-13)8-27-15-12(20)14(22-16(17)23-15)24-2-4-26-5-3-24/h6-7,11H,2-5,8H2,1H3. The topological polar surface area (TPSA) is 69.6 Å². The van der Waals surface area contributed by atoms with Crippen LogP contribution in [0.1, 0.15) is 11.8 Å². The van der Waals surface area contributed by atoms with Gasteiger partial charge >= 0.3 is 0 Å². The molecule has 0 amide bonds. The molecule has 0 bridgehead atoms. The summed E-state index contributed by atoms with van der Waals surface area (Å²) < 4.78 is 57.3. The Morgan fingerprint density at radius 2 is 2.00 bits per heavy atom. The Kier molecular flexibility index (Phi) is 6.30. The highest BCUT2D eigenvalue weighted by atomic mass is 35.5. The molecule has 1 aliphatic heterocycles. The zero-order valence-corrected chi connectivity index (χ0v) is 15.0. The first-order valence-electron chi connectivity index (χ1n) is 8.02. The number of hydrogen-bond donors (Lipinski definition) is 0. The number of nitrogens with zero attached hydrogens (tertiary/aromatic N) is 4. The summed E-state index contributed by atoms with van der Waals surface area (Å²) in [7, 11) is 1.29. The van der Waals surface area contributed by atoms with Gasteiger partial charge in [0.1, 0.15) is 30.0 Å². The molecule has 146 valence electrons. The van der Waals surface area contributed by atoms with Crippen molar-refractivity contribution in [2.75, 3.05) is 44.9 Å². The third-order valence-electron chi connectivity index (χ3n) is 3.88. The highest BCUT2D eigenvalue weighted by Crippen LogP contribution is 2.28. The van der Waals surface area contributed by atoms with Gasteiger partial charge in [-0.3, -0.25) is 4.98 Å². The normalized spacial score (nSPS) is 15.7. The smallest absolute Gasteiger partial charge is 0.257 e. The molecule has 1 aliphatic rings. The van der Waals surface area contributed by atoms with Crippen LogP contribution >= 0.6 is 11.6 Å². The number of anilines is 1. The van der Waals surface area contributed by atoms with Crippen molar-refractivity contribution >= 4 is 17.4 Å². The fourth-order valence-electron chi connectivity index (χ4n) is 2.55. The van der Waals surface area contributed by atoms with Crippen LogP contribution in [0, 0.1) is 17.5 Å². The second kappa shape index (κ2) is 8.68. The molecule has 0 N–H and O–H groups in total. The number of aromatic nitrogens is 3. The predicted molar refractivity (Wildman–Crippen MR) is 89.4 cm³/mol. The lowest BCUT2D eigenvalue weighted by Crippen LogP contribution is -2.37. The average Bonchev–Trinajstić information content (AvgIpc) is 2.66. The molecule has 0 spiro atoms. The fraction of sp³-hybridized carbons (Fsp3) is 0.438. The van der Waals surface area contributed by atoms with Crippen LogP contribution in [0.5, 0.6) is 5.88 Å². The number of ether oxygens (including phenoxy) is 3. The first kappa shape index (κ1) is 19.6. The lowest BCUT2D eigenvalue weighted by Gasteiger charge is -2.28. The summed E-state index contributed by atoms with van der Waals surface area (Å²) in [6.07, 6.45) is -0.158. The summed E-state index contributed by atoms with van der Waals surface area (Å²) in [4.78, 5) is 13.0. The fourth-order valence-corrected chi connectivity index (χ4v) is 2.70. The van der Waals surface area contributed by atoms with Crippen molar-refractivity contribution in [3.8, 4) is 5.88 Å². The van der Waals surface area contributed by atoms with Gasteiger partial charge in [0.2, 0.25) is 11.1 Å². The van der Waals surface area contributed by atoms with Gasteiger partial charge in [-0.1, -0.05) is 0 Å². The van der Waals surface area contributed by atoms with E-state index in [2.05, 4.69) is 15.0 Å². The van der Waals surface area contributed by atoms with Crippen molar-refractivity contribution in [2.45, 2.75) is 6.10 Å². The molecule has 1 unspecified atom stereocenters. The number of pyridine rings is 1. The highest BCUT2D eigenvalue weighted by molar-refractivity contribution is 6.28. The van der Waals surface area contributed by atoms with Crippen molar-refractivity contribution in [2.24, 2.45) is 0 Å². The Morgan fingerprint density at radius 3 is 2.67 bits per heavy atom. The lowest BCUT2D eigenvalue weighted by atomic mass is 10.2. The van der Waals surface area contributed by atoms with E-state index in [9.17, 15) is 13.2 Å². The van der Waals surface area contributed by atoms with Crippen molar-refractivity contribution in [3.05, 3.63) is 40.7 Å². The van der Waals surface area contributed by atoms with Crippen molar-refractivity contribution in [3.63, 3.8) is 0 Å². The summed E-state index contributed by atoms with van der Waals surface area (Å²) in [5, 5.41) is -0.201. The minimum absolute atomic E-state index is 0.00615. The minimum Gasteiger partial charge on any atom is -0.472 e. The van der Waals surface area contributed by atoms with E-state index < -0.39 is 29.4 Å². The Morgan fingerprint density at radius 1 is 1.26 bits per heavy atom. The zero-order valence-electron chi connectivity index (χ0n) is 14.3. The molecule has 1 fully saturated rings. The van der Waals surface area contributed by atoms with Crippen LogP contribution in [0.4, 0.5) is 19.0 Å². The maximum absolute atomic E-state index is 14.8. The third-order valence-corrected chi connectivity index (χ3v) is 4.05. The van der Waals surface area contributed by atoms with Gasteiger partial charge in [-0.05, 0) is 11.6 Å². The van der Waals surface area contributed by atoms with Crippen LogP contribution in [0.3, 0.4) is 0 Å². The molecule has 3 heterocycles. The molecule has 0 aliphatic carbocycles. The summed E-state index contributed by atoms with van der Waals surface area (Å²) in [6.45, 7) is 1.42. The number of hydrogen-bond acceptors (Lipinski definition) is 7. The number of rotatable bonds is 6. The Hall–Kier alpha value is -2.17. The summed E-state index contributed by atoms with van der Waals surface area (Å²) in [6, 6.07) is 0.674. The van der Waals surface area contributed by atoms with Gasteiger partial charge in [-0.2, -0.15) is 14.4 Å². The SMILES string of the molecule is COC(COc1nc(Cl)nc(N2CCOCC2)c1F)c1ncc(F)cc1F. The average molecular weight is 405 g/mol. The van der Waals surface area contributed by atoms with Crippen LogP contribution in [0.15, 0.2) is 12.3 Å². The maximum Gasteiger partial charge on any atom is 0.257 e. The molecule has 7 nitrogen and oxygen atoms in total. The van der Waals surface area contributed by atoms with E-state index in [-0.39, 0.29) is 23.4 Å². The van der Waals surface area contributed by atoms with Gasteiger partial charge in [0, 0.05) is 26.3 Å². The van der Waals surface area contributed by atoms with E-state index in [1.54, 1.807) is 4.90 Å². The van der Waals surface area contributed by atoms with Crippen molar-refractivity contribution in [1.82, 2.24) is 15.0 Å². The molecule has 3 rings (SSSR count). The largest absolute Gasteiger partial charge is 0.472 e. The van der Waals surface area contributed by atoms with Gasteiger partial charge in [0.05, 0.1) is 19.4 Å². The number of halogens is 4. The van der Waals surface area contributed by atoms with E-state index in [4.69, 9.17) is 25.8 Å². The molecule has 2 aromatic rings. The molecule has 0 saturated carbocycles. The van der Waals surface area contributed by atoms with E-state index >= 15 is 0 Å². The molecule has 1 saturated heterocycles. The van der Waals surface area contributed by atoms with Crippen LogP contribution in [0.2, 0.25) is 5.28 Å². The molecule has 0 aromatic carbocycles. The highest BCUT2D eigenvalue weighted by Gasteiger charge is 2.24. The van der Waals surface area contributed by atoms with E-state index in [1.165, 1.54) is 7.11 Å². The molecule has 27 heavy (non-hydrogen) atoms. The van der Waals surface area contributed by atoms with Crippen LogP contribution in [0.25, 0.3) is 0 Å². The first-order valence-corrected chi connectivity index (χ1v) is 8.39. The van der Waals surface area contributed by atoms with Gasteiger partial charge in [0.15, 0.2) is 5.82 Å². The van der Waals surface area contributed by atoms with Gasteiger partial charge in [-0.25, -0.2) is 8.78 Å². The van der Waals surface area contributed by atoms with Crippen LogP contribution < -0.4 is 9.64 Å². The van der Waals surface area contributed by atoms with E-state index in [0.29, 0.717) is 32.4 Å². The van der Waals surface area contributed by atoms with Crippen LogP contribution in [-0.2, 0) is 9.47 Å². The van der Waals surface area contributed by atoms with Crippen molar-refractivity contribution < 1.29 is 27.4 Å². The number of morpholine rings is 1. The summed E-state index contributed by atoms with van der Waals surface area (Å²) in [5.74, 6) is -2.94. The Balaban J connectivity index is 1.79. The second-order valence-corrected chi connectivity index (χ2v) is 5.93. The van der Waals surface area contributed by atoms with Gasteiger partial charge < -0.3 is 19.1 Å². The maximum atomic E-state index is 14.8. The summed E-state index contributed by atoms with van der Waals surface area (Å²) in [5.41, 5.74) is -0.173. The zero-order chi connectivity index (χ0) is 19.4. The van der Waals surface area contributed by atoms with E-state index in [0.717, 1.165) is 6.20 Å². The van der Waals surface area contributed by atoms with Crippen molar-refractivity contribution in [1.29, 1.82) is 0 Å². The summed E-state index contributed by atoms with van der Waals surface area (Å²) >= 11 is 5.88. The minimum atomic E-state index is -1.01. The lowest BCUT2D eigenvalue weighted by molar-refractivity contribution is 0.0485. The second-order valence-electron chi connectivity index (χ2n) is 5.59. The predicted octanol–water partition coefficient (Wildman–Crippen LogP) is 2.55. The van der Waals surface area contributed by atoms with Gasteiger partial charge in [-0.15, -0.1) is 0 Å². The molecular formula is C16H16ClF3N4O3.